The molecular formula is C9H9BrF5NS. The predicted octanol–water partition coefficient (Wildman–Crippen LogP) is 5.70. The Labute approximate surface area is 104 Å². The van der Waals surface area contributed by atoms with Gasteiger partial charge in [0.2, 0.25) is 0 Å². The second-order valence-corrected chi connectivity index (χ2v) is 6.54. The minimum atomic E-state index is -9.60. The second-order valence-electron chi connectivity index (χ2n) is 3.28. The van der Waals surface area contributed by atoms with Gasteiger partial charge in [-0.1, -0.05) is 25.5 Å². The van der Waals surface area contributed by atoms with Crippen LogP contribution in [0.1, 0.15) is 0 Å². The number of rotatable bonds is 4. The normalized spacial score (nSPS) is 15.9. The van der Waals surface area contributed by atoms with Crippen LogP contribution in [0.25, 0.3) is 0 Å². The van der Waals surface area contributed by atoms with Gasteiger partial charge >= 0.3 is 10.2 Å². The molecule has 0 fully saturated rings. The van der Waals surface area contributed by atoms with Crippen LogP contribution in [-0.4, -0.2) is 6.54 Å². The smallest absolute Gasteiger partial charge is 0.310 e. The maximum atomic E-state index is 12.5. The lowest BCUT2D eigenvalue weighted by Crippen LogP contribution is -2.07. The molecule has 8 heteroatoms. The molecule has 1 nitrogen and oxygen atoms in total. The molecule has 0 heterocycles. The van der Waals surface area contributed by atoms with Crippen molar-refractivity contribution < 1.29 is 19.4 Å². The second kappa shape index (κ2) is 3.61. The fourth-order valence-electron chi connectivity index (χ4n) is 1.06. The van der Waals surface area contributed by atoms with Crippen molar-refractivity contribution in [1.82, 2.24) is 0 Å². The molecule has 1 rings (SSSR count). The average molecular weight is 338 g/mol. The zero-order valence-electron chi connectivity index (χ0n) is 8.40. The zero-order chi connectivity index (χ0) is 13.4. The molecule has 0 saturated heterocycles. The summed E-state index contributed by atoms with van der Waals surface area (Å²) in [5, 5.41) is 2.70. The largest absolute Gasteiger partial charge is 0.381 e. The maximum absolute atomic E-state index is 12.5. The van der Waals surface area contributed by atoms with E-state index in [1.54, 1.807) is 0 Å². The van der Waals surface area contributed by atoms with Crippen LogP contribution in [-0.2, 0) is 0 Å². The lowest BCUT2D eigenvalue weighted by Gasteiger charge is -2.40. The first-order valence-electron chi connectivity index (χ1n) is 4.32. The molecule has 0 aliphatic carbocycles. The van der Waals surface area contributed by atoms with Crippen LogP contribution in [0.4, 0.5) is 25.1 Å². The van der Waals surface area contributed by atoms with Crippen LogP contribution < -0.4 is 5.32 Å². The summed E-state index contributed by atoms with van der Waals surface area (Å²) < 4.78 is 62.2. The third-order valence-electron chi connectivity index (χ3n) is 1.82. The zero-order valence-corrected chi connectivity index (χ0v) is 10.8. The van der Waals surface area contributed by atoms with E-state index in [1.165, 1.54) is 6.08 Å². The molecule has 17 heavy (non-hydrogen) atoms. The molecular weight excluding hydrogens is 329 g/mol. The molecule has 1 aromatic rings. The summed E-state index contributed by atoms with van der Waals surface area (Å²) in [6.07, 6.45) is 1.49. The highest BCUT2D eigenvalue weighted by Gasteiger charge is 2.65. The summed E-state index contributed by atoms with van der Waals surface area (Å²) in [5.41, 5.74) is 0.287. The SMILES string of the molecule is C=CCNc1ccc(S(F)(F)(F)(F)F)cc1Br. The Morgan fingerprint density at radius 1 is 1.24 bits per heavy atom. The number of nitrogens with one attached hydrogen (secondary N) is 1. The summed E-state index contributed by atoms with van der Waals surface area (Å²) in [5.74, 6) is 0. The number of hydrogen-bond donors (Lipinski definition) is 1. The third-order valence-corrected chi connectivity index (χ3v) is 3.62. The van der Waals surface area contributed by atoms with E-state index >= 15 is 0 Å². The fourth-order valence-corrected chi connectivity index (χ4v) is 2.40. The predicted molar refractivity (Wildman–Crippen MR) is 64.2 cm³/mol. The van der Waals surface area contributed by atoms with Gasteiger partial charge in [-0.25, -0.2) is 0 Å². The topological polar surface area (TPSA) is 12.0 Å². The Bertz CT molecular complexity index is 455. The van der Waals surface area contributed by atoms with Crippen molar-refractivity contribution >= 4 is 31.8 Å². The highest BCUT2D eigenvalue weighted by Crippen LogP contribution is 3.02. The van der Waals surface area contributed by atoms with Crippen molar-refractivity contribution in [2.24, 2.45) is 0 Å². The van der Waals surface area contributed by atoms with Gasteiger partial charge in [0.25, 0.3) is 0 Å². The van der Waals surface area contributed by atoms with E-state index in [2.05, 4.69) is 27.8 Å². The third kappa shape index (κ3) is 3.88. The number of hydrogen-bond acceptors (Lipinski definition) is 1. The van der Waals surface area contributed by atoms with E-state index in [9.17, 15) is 19.4 Å². The maximum Gasteiger partial charge on any atom is 0.310 e. The Morgan fingerprint density at radius 3 is 2.24 bits per heavy atom. The monoisotopic (exact) mass is 337 g/mol. The van der Waals surface area contributed by atoms with Gasteiger partial charge < -0.3 is 5.32 Å². The molecule has 0 atom stereocenters. The van der Waals surface area contributed by atoms with E-state index in [1.807, 2.05) is 0 Å². The molecule has 0 spiro atoms. The number of benzene rings is 1. The molecule has 1 aromatic carbocycles. The molecule has 0 bridgehead atoms. The molecule has 98 valence electrons. The fraction of sp³-hybridized carbons (Fsp3) is 0.111. The quantitative estimate of drug-likeness (QED) is 0.548. The van der Waals surface area contributed by atoms with Gasteiger partial charge in [0, 0.05) is 16.7 Å². The summed E-state index contributed by atoms with van der Waals surface area (Å²) >= 11 is 2.81. The van der Waals surface area contributed by atoms with Gasteiger partial charge in [-0.2, -0.15) is 0 Å². The summed E-state index contributed by atoms with van der Waals surface area (Å²) in [6.45, 7) is 3.73. The first-order valence-corrected chi connectivity index (χ1v) is 7.07. The molecule has 0 aromatic heterocycles. The van der Waals surface area contributed by atoms with Crippen LogP contribution in [0, 0.1) is 0 Å². The van der Waals surface area contributed by atoms with E-state index < -0.39 is 15.1 Å². The number of anilines is 1. The van der Waals surface area contributed by atoms with Crippen LogP contribution in [0.15, 0.2) is 40.2 Å². The summed E-state index contributed by atoms with van der Waals surface area (Å²) in [4.78, 5) is -1.92. The lowest BCUT2D eigenvalue weighted by molar-refractivity contribution is 0.364. The van der Waals surface area contributed by atoms with Gasteiger partial charge in [0.05, 0.1) is 0 Å². The average Bonchev–Trinajstić information content (AvgIpc) is 2.12. The first kappa shape index (κ1) is 14.3. The van der Waals surface area contributed by atoms with Gasteiger partial charge in [-0.15, -0.1) is 6.58 Å². The highest BCUT2D eigenvalue weighted by molar-refractivity contribution is 9.10. The minimum Gasteiger partial charge on any atom is -0.381 e. The van der Waals surface area contributed by atoms with Crippen molar-refractivity contribution in [2.45, 2.75) is 4.90 Å². The number of halogens is 6. The lowest BCUT2D eigenvalue weighted by atomic mass is 10.3. The van der Waals surface area contributed by atoms with Crippen LogP contribution in [0.5, 0.6) is 0 Å². The van der Waals surface area contributed by atoms with Crippen molar-refractivity contribution in [2.75, 3.05) is 11.9 Å². The van der Waals surface area contributed by atoms with Crippen LogP contribution in [0.3, 0.4) is 0 Å². The molecule has 0 aliphatic heterocycles. The van der Waals surface area contributed by atoms with Gasteiger partial charge in [-0.3, -0.25) is 0 Å². The summed E-state index contributed by atoms with van der Waals surface area (Å²) in [6, 6.07) is 1.67. The van der Waals surface area contributed by atoms with Crippen molar-refractivity contribution in [3.05, 3.63) is 35.3 Å². The molecule has 0 amide bonds. The standard InChI is InChI=1S/C9H9BrF5NS/c1-2-5-16-9-4-3-7(6-8(9)10)17(11,12,13,14)15/h2-4,6,16H,1,5H2. The molecule has 0 radical (unpaired) electrons. The van der Waals surface area contributed by atoms with Crippen molar-refractivity contribution in [1.29, 1.82) is 0 Å². The Kier molecular flexibility index (Phi) is 3.04. The van der Waals surface area contributed by atoms with Crippen LogP contribution >= 0.6 is 26.2 Å². The van der Waals surface area contributed by atoms with Gasteiger partial charge in [-0.05, 0) is 34.1 Å². The van der Waals surface area contributed by atoms with E-state index in [-0.39, 0.29) is 10.2 Å². The molecule has 1 N–H and O–H groups in total. The van der Waals surface area contributed by atoms with E-state index in [0.717, 1.165) is 6.07 Å². The molecule has 0 unspecified atom stereocenters. The van der Waals surface area contributed by atoms with Gasteiger partial charge in [0.15, 0.2) is 0 Å². The Balaban J connectivity index is 3.19. The Hall–Kier alpha value is -0.760. The van der Waals surface area contributed by atoms with Crippen LogP contribution in [0.2, 0.25) is 0 Å². The van der Waals surface area contributed by atoms with E-state index in [4.69, 9.17) is 0 Å². The van der Waals surface area contributed by atoms with Gasteiger partial charge in [0.1, 0.15) is 4.90 Å². The Morgan fingerprint density at radius 2 is 1.82 bits per heavy atom. The molecule has 0 saturated carbocycles. The van der Waals surface area contributed by atoms with Crippen molar-refractivity contribution in [3.8, 4) is 0 Å². The van der Waals surface area contributed by atoms with Crippen molar-refractivity contribution in [3.63, 3.8) is 0 Å². The molecule has 0 aliphatic rings. The minimum absolute atomic E-state index is 0.0786. The first-order chi connectivity index (χ1) is 7.44. The summed E-state index contributed by atoms with van der Waals surface area (Å²) in [7, 11) is -9.60. The van der Waals surface area contributed by atoms with E-state index in [0.29, 0.717) is 18.7 Å². The highest BCUT2D eigenvalue weighted by atomic mass is 79.9.